The largest absolute Gasteiger partial charge is 0.326 e. The zero-order valence-electron chi connectivity index (χ0n) is 12.5. The van der Waals surface area contributed by atoms with Gasteiger partial charge in [0.1, 0.15) is 0 Å². The molecule has 1 rings (SSSR count). The van der Waals surface area contributed by atoms with Crippen molar-refractivity contribution in [3.05, 3.63) is 29.3 Å². The second kappa shape index (κ2) is 9.17. The van der Waals surface area contributed by atoms with Crippen LogP contribution in [0.4, 0.5) is 5.69 Å². The first-order valence-corrected chi connectivity index (χ1v) is 7.33. The molecule has 3 heteroatoms. The van der Waals surface area contributed by atoms with Gasteiger partial charge < -0.3 is 11.1 Å². The Hall–Kier alpha value is -1.79. The van der Waals surface area contributed by atoms with Gasteiger partial charge in [-0.25, -0.2) is 0 Å². The number of nitrogens with one attached hydrogen (secondary N) is 1. The van der Waals surface area contributed by atoms with E-state index in [0.717, 1.165) is 42.5 Å². The number of carbonyl (C=O) groups excluding carboxylic acids is 1. The first-order valence-electron chi connectivity index (χ1n) is 7.33. The van der Waals surface area contributed by atoms with Crippen LogP contribution in [0.5, 0.6) is 0 Å². The summed E-state index contributed by atoms with van der Waals surface area (Å²) < 4.78 is 0. The Balaban J connectivity index is 2.72. The Morgan fingerprint density at radius 1 is 1.30 bits per heavy atom. The minimum Gasteiger partial charge on any atom is -0.326 e. The molecule has 0 saturated heterocycles. The van der Waals surface area contributed by atoms with Crippen molar-refractivity contribution in [2.75, 3.05) is 11.9 Å². The SMILES string of the molecule is CCCCCC(=O)Nc1ccc(C#CCN)cc1CC. The topological polar surface area (TPSA) is 55.1 Å². The number of carbonyl (C=O) groups is 1. The zero-order valence-corrected chi connectivity index (χ0v) is 12.5. The summed E-state index contributed by atoms with van der Waals surface area (Å²) in [5.41, 5.74) is 8.32. The van der Waals surface area contributed by atoms with Crippen LogP contribution in [-0.4, -0.2) is 12.5 Å². The fourth-order valence-corrected chi connectivity index (χ4v) is 1.99. The molecule has 0 radical (unpaired) electrons. The van der Waals surface area contributed by atoms with Crippen LogP contribution < -0.4 is 11.1 Å². The molecule has 0 bridgehead atoms. The maximum absolute atomic E-state index is 11.9. The van der Waals surface area contributed by atoms with Crippen LogP contribution in [0.25, 0.3) is 0 Å². The van der Waals surface area contributed by atoms with Gasteiger partial charge in [-0.2, -0.15) is 0 Å². The molecular formula is C17H24N2O. The van der Waals surface area contributed by atoms with E-state index in [9.17, 15) is 4.79 Å². The molecular weight excluding hydrogens is 248 g/mol. The van der Waals surface area contributed by atoms with Crippen molar-refractivity contribution in [3.63, 3.8) is 0 Å². The number of nitrogens with two attached hydrogens (primary N) is 1. The molecule has 0 unspecified atom stereocenters. The Bertz CT molecular complexity index is 497. The smallest absolute Gasteiger partial charge is 0.224 e. The van der Waals surface area contributed by atoms with E-state index in [1.54, 1.807) is 0 Å². The van der Waals surface area contributed by atoms with Gasteiger partial charge in [0, 0.05) is 17.7 Å². The second-order valence-corrected chi connectivity index (χ2v) is 4.74. The maximum Gasteiger partial charge on any atom is 0.224 e. The highest BCUT2D eigenvalue weighted by Gasteiger charge is 2.06. The number of hydrogen-bond donors (Lipinski definition) is 2. The Morgan fingerprint density at radius 2 is 2.10 bits per heavy atom. The highest BCUT2D eigenvalue weighted by atomic mass is 16.1. The number of anilines is 1. The summed E-state index contributed by atoms with van der Waals surface area (Å²) in [6, 6.07) is 5.87. The van der Waals surface area contributed by atoms with Gasteiger partial charge in [0.25, 0.3) is 0 Å². The van der Waals surface area contributed by atoms with Crippen LogP contribution in [-0.2, 0) is 11.2 Å². The molecule has 0 atom stereocenters. The molecule has 108 valence electrons. The van der Waals surface area contributed by atoms with Gasteiger partial charge in [-0.3, -0.25) is 4.79 Å². The molecule has 0 aromatic heterocycles. The summed E-state index contributed by atoms with van der Waals surface area (Å²) in [6.45, 7) is 4.56. The molecule has 1 amide bonds. The lowest BCUT2D eigenvalue weighted by Gasteiger charge is -2.10. The lowest BCUT2D eigenvalue weighted by atomic mass is 10.1. The van der Waals surface area contributed by atoms with Crippen LogP contribution in [0.15, 0.2) is 18.2 Å². The number of rotatable bonds is 6. The third-order valence-electron chi connectivity index (χ3n) is 3.10. The van der Waals surface area contributed by atoms with Crippen molar-refractivity contribution in [1.29, 1.82) is 0 Å². The van der Waals surface area contributed by atoms with Gasteiger partial charge in [0.2, 0.25) is 5.91 Å². The molecule has 0 spiro atoms. The summed E-state index contributed by atoms with van der Waals surface area (Å²) in [5, 5.41) is 2.99. The maximum atomic E-state index is 11.9. The number of hydrogen-bond acceptors (Lipinski definition) is 2. The molecule has 20 heavy (non-hydrogen) atoms. The molecule has 0 aliphatic carbocycles. The molecule has 0 aliphatic heterocycles. The molecule has 3 N–H and O–H groups in total. The van der Waals surface area contributed by atoms with E-state index in [-0.39, 0.29) is 5.91 Å². The summed E-state index contributed by atoms with van der Waals surface area (Å²) in [4.78, 5) is 11.9. The van der Waals surface area contributed by atoms with Gasteiger partial charge >= 0.3 is 0 Å². The number of benzene rings is 1. The van der Waals surface area contributed by atoms with Gasteiger partial charge in [0.15, 0.2) is 0 Å². The fraction of sp³-hybridized carbons (Fsp3) is 0.471. The lowest BCUT2D eigenvalue weighted by Crippen LogP contribution is -2.12. The average Bonchev–Trinajstić information content (AvgIpc) is 2.46. The summed E-state index contributed by atoms with van der Waals surface area (Å²) in [6.07, 6.45) is 4.63. The molecule has 0 aliphatic rings. The number of amides is 1. The van der Waals surface area contributed by atoms with E-state index in [0.29, 0.717) is 13.0 Å². The predicted molar refractivity (Wildman–Crippen MR) is 84.5 cm³/mol. The summed E-state index contributed by atoms with van der Waals surface area (Å²) in [5.74, 6) is 5.95. The van der Waals surface area contributed by atoms with Gasteiger partial charge in [-0.15, -0.1) is 0 Å². The lowest BCUT2D eigenvalue weighted by molar-refractivity contribution is -0.116. The van der Waals surface area contributed by atoms with Crippen LogP contribution >= 0.6 is 0 Å². The van der Waals surface area contributed by atoms with Crippen molar-refractivity contribution in [3.8, 4) is 11.8 Å². The van der Waals surface area contributed by atoms with E-state index in [1.807, 2.05) is 18.2 Å². The van der Waals surface area contributed by atoms with Crippen molar-refractivity contribution in [2.24, 2.45) is 5.73 Å². The standard InChI is InChI=1S/C17H24N2O/c1-3-5-6-9-17(20)19-16-11-10-14(8-7-12-18)13-15(16)4-2/h10-11,13H,3-6,9,12,18H2,1-2H3,(H,19,20). The monoisotopic (exact) mass is 272 g/mol. The Kier molecular flexibility index (Phi) is 7.46. The number of unbranched alkanes of at least 4 members (excludes halogenated alkanes) is 2. The van der Waals surface area contributed by atoms with Crippen LogP contribution in [0.2, 0.25) is 0 Å². The minimum atomic E-state index is 0.0916. The van der Waals surface area contributed by atoms with Crippen molar-refractivity contribution in [2.45, 2.75) is 46.0 Å². The first-order chi connectivity index (χ1) is 9.71. The summed E-state index contributed by atoms with van der Waals surface area (Å²) >= 11 is 0. The first kappa shape index (κ1) is 16.3. The molecule has 0 saturated carbocycles. The normalized spacial score (nSPS) is 9.75. The minimum absolute atomic E-state index is 0.0916. The Labute approximate surface area is 121 Å². The van der Waals surface area contributed by atoms with E-state index >= 15 is 0 Å². The molecule has 1 aromatic rings. The van der Waals surface area contributed by atoms with Crippen molar-refractivity contribution >= 4 is 11.6 Å². The van der Waals surface area contributed by atoms with E-state index in [4.69, 9.17) is 5.73 Å². The fourth-order valence-electron chi connectivity index (χ4n) is 1.99. The van der Waals surface area contributed by atoms with Crippen LogP contribution in [0, 0.1) is 11.8 Å². The Morgan fingerprint density at radius 3 is 2.75 bits per heavy atom. The van der Waals surface area contributed by atoms with Gasteiger partial charge in [-0.1, -0.05) is 38.5 Å². The summed E-state index contributed by atoms with van der Waals surface area (Å²) in [7, 11) is 0. The quantitative estimate of drug-likeness (QED) is 0.617. The van der Waals surface area contributed by atoms with E-state index in [2.05, 4.69) is 31.0 Å². The van der Waals surface area contributed by atoms with Crippen LogP contribution in [0.3, 0.4) is 0 Å². The molecule has 0 fully saturated rings. The zero-order chi connectivity index (χ0) is 14.8. The highest BCUT2D eigenvalue weighted by Crippen LogP contribution is 2.18. The predicted octanol–water partition coefficient (Wildman–Crippen LogP) is 3.08. The molecule has 0 heterocycles. The number of aryl methyl sites for hydroxylation is 1. The second-order valence-electron chi connectivity index (χ2n) is 4.74. The third kappa shape index (κ3) is 5.46. The molecule has 3 nitrogen and oxygen atoms in total. The molecule has 1 aromatic carbocycles. The van der Waals surface area contributed by atoms with Gasteiger partial charge in [0.05, 0.1) is 6.54 Å². The van der Waals surface area contributed by atoms with Crippen molar-refractivity contribution < 1.29 is 4.79 Å². The average molecular weight is 272 g/mol. The van der Waals surface area contributed by atoms with E-state index in [1.165, 1.54) is 0 Å². The van der Waals surface area contributed by atoms with E-state index < -0.39 is 0 Å². The van der Waals surface area contributed by atoms with Crippen LogP contribution in [0.1, 0.15) is 50.7 Å². The highest BCUT2D eigenvalue weighted by molar-refractivity contribution is 5.91. The third-order valence-corrected chi connectivity index (χ3v) is 3.10. The van der Waals surface area contributed by atoms with Crippen molar-refractivity contribution in [1.82, 2.24) is 0 Å². The van der Waals surface area contributed by atoms with Gasteiger partial charge in [-0.05, 0) is 36.6 Å².